The third-order valence-electron chi connectivity index (χ3n) is 4.61. The largest absolute Gasteiger partial charge is 0.492 e. The van der Waals surface area contributed by atoms with E-state index in [2.05, 4.69) is 4.99 Å². The predicted octanol–water partition coefficient (Wildman–Crippen LogP) is 4.38. The van der Waals surface area contributed by atoms with Crippen molar-refractivity contribution in [2.45, 2.75) is 37.8 Å². The summed E-state index contributed by atoms with van der Waals surface area (Å²) in [6, 6.07) is 15.8. The standard InChI is InChI=1S/C20H21NO3/c1-23-19-17(20(21-15-22)12-5-6-13-20)10-7-11-18(19)24-14-16-8-3-2-4-9-16/h2-4,7-11H,5-6,12-14H2,1H3. The third-order valence-corrected chi connectivity index (χ3v) is 4.61. The summed E-state index contributed by atoms with van der Waals surface area (Å²) in [7, 11) is 1.63. The molecule has 0 amide bonds. The molecule has 0 heterocycles. The maximum Gasteiger partial charge on any atom is 0.235 e. The van der Waals surface area contributed by atoms with E-state index in [0.717, 1.165) is 36.8 Å². The highest BCUT2D eigenvalue weighted by atomic mass is 16.5. The van der Waals surface area contributed by atoms with Crippen LogP contribution in [0.25, 0.3) is 0 Å². The van der Waals surface area contributed by atoms with Gasteiger partial charge < -0.3 is 9.47 Å². The Morgan fingerprint density at radius 2 is 1.83 bits per heavy atom. The number of hydrogen-bond acceptors (Lipinski definition) is 4. The van der Waals surface area contributed by atoms with E-state index >= 15 is 0 Å². The van der Waals surface area contributed by atoms with E-state index in [1.54, 1.807) is 13.2 Å². The first-order valence-corrected chi connectivity index (χ1v) is 8.22. The van der Waals surface area contributed by atoms with Gasteiger partial charge in [-0.1, -0.05) is 55.3 Å². The van der Waals surface area contributed by atoms with E-state index in [1.165, 1.54) is 0 Å². The van der Waals surface area contributed by atoms with Crippen molar-refractivity contribution >= 4 is 6.08 Å². The summed E-state index contributed by atoms with van der Waals surface area (Å²) in [4.78, 5) is 15.1. The number of carbonyl (C=O) groups excluding carboxylic acids is 1. The fourth-order valence-corrected chi connectivity index (χ4v) is 3.43. The Morgan fingerprint density at radius 1 is 1.08 bits per heavy atom. The predicted molar refractivity (Wildman–Crippen MR) is 92.0 cm³/mol. The van der Waals surface area contributed by atoms with Crippen LogP contribution >= 0.6 is 0 Å². The maximum absolute atomic E-state index is 11.0. The van der Waals surface area contributed by atoms with E-state index in [9.17, 15) is 4.79 Å². The second-order valence-electron chi connectivity index (χ2n) is 6.05. The molecular formula is C20H21NO3. The molecule has 0 saturated heterocycles. The van der Waals surface area contributed by atoms with E-state index < -0.39 is 5.54 Å². The zero-order valence-electron chi connectivity index (χ0n) is 13.8. The number of rotatable bonds is 6. The maximum atomic E-state index is 11.0. The van der Waals surface area contributed by atoms with Gasteiger partial charge in [0.05, 0.1) is 7.11 Å². The van der Waals surface area contributed by atoms with Gasteiger partial charge in [-0.05, 0) is 24.5 Å². The Hall–Kier alpha value is -2.58. The van der Waals surface area contributed by atoms with E-state index in [0.29, 0.717) is 18.1 Å². The number of ether oxygens (including phenoxy) is 2. The Kier molecular flexibility index (Phi) is 4.97. The number of para-hydroxylation sites is 1. The first-order valence-electron chi connectivity index (χ1n) is 8.22. The summed E-state index contributed by atoms with van der Waals surface area (Å²) < 4.78 is 11.6. The Bertz CT molecular complexity index is 730. The van der Waals surface area contributed by atoms with Crippen LogP contribution < -0.4 is 9.47 Å². The van der Waals surface area contributed by atoms with Gasteiger partial charge >= 0.3 is 0 Å². The highest BCUT2D eigenvalue weighted by molar-refractivity contribution is 5.52. The van der Waals surface area contributed by atoms with Crippen LogP contribution in [0.1, 0.15) is 36.8 Å². The molecule has 0 aromatic heterocycles. The zero-order valence-corrected chi connectivity index (χ0v) is 13.8. The topological polar surface area (TPSA) is 47.9 Å². The molecule has 1 aliphatic rings. The van der Waals surface area contributed by atoms with Crippen LogP contribution in [0.2, 0.25) is 0 Å². The lowest BCUT2D eigenvalue weighted by atomic mass is 9.88. The number of benzene rings is 2. The van der Waals surface area contributed by atoms with Crippen LogP contribution in [0.4, 0.5) is 0 Å². The van der Waals surface area contributed by atoms with Crippen LogP contribution in [0.5, 0.6) is 11.5 Å². The minimum absolute atomic E-state index is 0.463. The van der Waals surface area contributed by atoms with Crippen molar-refractivity contribution < 1.29 is 14.3 Å². The van der Waals surface area contributed by atoms with Crippen LogP contribution in [-0.2, 0) is 16.9 Å². The number of aliphatic imine (C=N–C) groups is 1. The smallest absolute Gasteiger partial charge is 0.235 e. The molecule has 124 valence electrons. The van der Waals surface area contributed by atoms with Gasteiger partial charge in [0.2, 0.25) is 6.08 Å². The first-order chi connectivity index (χ1) is 11.8. The van der Waals surface area contributed by atoms with E-state index in [1.807, 2.05) is 48.5 Å². The molecule has 0 aliphatic heterocycles. The molecule has 0 unspecified atom stereocenters. The van der Waals surface area contributed by atoms with Crippen LogP contribution in [0.15, 0.2) is 53.5 Å². The van der Waals surface area contributed by atoms with Gasteiger partial charge in [0.15, 0.2) is 11.5 Å². The monoisotopic (exact) mass is 323 g/mol. The summed E-state index contributed by atoms with van der Waals surface area (Å²) >= 11 is 0. The normalized spacial score (nSPS) is 15.5. The van der Waals surface area contributed by atoms with Gasteiger partial charge in [-0.25, -0.2) is 4.79 Å². The lowest BCUT2D eigenvalue weighted by Gasteiger charge is -2.26. The summed E-state index contributed by atoms with van der Waals surface area (Å²) in [6.07, 6.45) is 5.51. The van der Waals surface area contributed by atoms with Crippen LogP contribution in [0, 0.1) is 0 Å². The van der Waals surface area contributed by atoms with Gasteiger partial charge in [0.25, 0.3) is 0 Å². The van der Waals surface area contributed by atoms with Crippen molar-refractivity contribution in [3.63, 3.8) is 0 Å². The Balaban J connectivity index is 1.92. The first kappa shape index (κ1) is 16.3. The van der Waals surface area contributed by atoms with Crippen molar-refractivity contribution in [1.82, 2.24) is 0 Å². The van der Waals surface area contributed by atoms with Crippen molar-refractivity contribution in [2.75, 3.05) is 7.11 Å². The molecular weight excluding hydrogens is 302 g/mol. The van der Waals surface area contributed by atoms with Gasteiger partial charge in [-0.15, -0.1) is 0 Å². The minimum Gasteiger partial charge on any atom is -0.492 e. The molecule has 0 N–H and O–H groups in total. The molecule has 0 atom stereocenters. The summed E-state index contributed by atoms with van der Waals surface area (Å²) in [6.45, 7) is 0.463. The van der Waals surface area contributed by atoms with Gasteiger partial charge in [0.1, 0.15) is 12.1 Å². The zero-order chi connectivity index (χ0) is 16.8. The average molecular weight is 323 g/mol. The lowest BCUT2D eigenvalue weighted by Crippen LogP contribution is -2.20. The summed E-state index contributed by atoms with van der Waals surface area (Å²) in [5.74, 6) is 1.33. The minimum atomic E-state index is -0.529. The molecule has 0 bridgehead atoms. The average Bonchev–Trinajstić information content (AvgIpc) is 3.10. The molecule has 2 aromatic carbocycles. The van der Waals surface area contributed by atoms with Crippen molar-refractivity contribution in [2.24, 2.45) is 4.99 Å². The highest BCUT2D eigenvalue weighted by Crippen LogP contribution is 2.48. The van der Waals surface area contributed by atoms with Gasteiger partial charge in [-0.2, -0.15) is 4.99 Å². The molecule has 24 heavy (non-hydrogen) atoms. The summed E-state index contributed by atoms with van der Waals surface area (Å²) in [5, 5.41) is 0. The molecule has 1 aliphatic carbocycles. The molecule has 4 nitrogen and oxygen atoms in total. The number of methoxy groups -OCH3 is 1. The number of hydrogen-bond donors (Lipinski definition) is 0. The number of nitrogens with zero attached hydrogens (tertiary/aromatic N) is 1. The van der Waals surface area contributed by atoms with Crippen molar-refractivity contribution in [1.29, 1.82) is 0 Å². The second kappa shape index (κ2) is 7.33. The van der Waals surface area contributed by atoms with Crippen molar-refractivity contribution in [3.05, 3.63) is 59.7 Å². The van der Waals surface area contributed by atoms with Crippen molar-refractivity contribution in [3.8, 4) is 11.5 Å². The Morgan fingerprint density at radius 3 is 2.50 bits per heavy atom. The van der Waals surface area contributed by atoms with Gasteiger partial charge in [0, 0.05) is 5.56 Å². The fraction of sp³-hybridized carbons (Fsp3) is 0.350. The molecule has 0 radical (unpaired) electrons. The molecule has 1 saturated carbocycles. The molecule has 0 spiro atoms. The fourth-order valence-electron chi connectivity index (χ4n) is 3.43. The lowest BCUT2D eigenvalue weighted by molar-refractivity contribution is 0.279. The Labute approximate surface area is 142 Å². The summed E-state index contributed by atoms with van der Waals surface area (Å²) in [5.41, 5.74) is 1.47. The van der Waals surface area contributed by atoms with Gasteiger partial charge in [-0.3, -0.25) is 0 Å². The third kappa shape index (κ3) is 3.19. The number of isocyanates is 1. The highest BCUT2D eigenvalue weighted by Gasteiger charge is 2.38. The van der Waals surface area contributed by atoms with E-state index in [-0.39, 0.29) is 0 Å². The van der Waals surface area contributed by atoms with Crippen LogP contribution in [0.3, 0.4) is 0 Å². The van der Waals surface area contributed by atoms with E-state index in [4.69, 9.17) is 9.47 Å². The molecule has 4 heteroatoms. The van der Waals surface area contributed by atoms with Crippen LogP contribution in [-0.4, -0.2) is 13.2 Å². The quantitative estimate of drug-likeness (QED) is 0.585. The SMILES string of the molecule is COc1c(OCc2ccccc2)cccc1C1(N=C=O)CCCC1. The second-order valence-corrected chi connectivity index (χ2v) is 6.05. The molecule has 1 fully saturated rings. The molecule has 3 rings (SSSR count). The molecule has 2 aromatic rings.